The van der Waals surface area contributed by atoms with Crippen LogP contribution >= 0.6 is 11.6 Å². The fourth-order valence-electron chi connectivity index (χ4n) is 5.64. The zero-order valence-electron chi connectivity index (χ0n) is 17.3. The van der Waals surface area contributed by atoms with Gasteiger partial charge in [-0.15, -0.1) is 0 Å². The van der Waals surface area contributed by atoms with Crippen molar-refractivity contribution < 1.29 is 19.0 Å². The summed E-state index contributed by atoms with van der Waals surface area (Å²) in [5.41, 5.74) is 16.2. The van der Waals surface area contributed by atoms with Crippen LogP contribution in [0.1, 0.15) is 58.4 Å². The number of carboxylic acid groups (broad SMARTS) is 1. The predicted molar refractivity (Wildman–Crippen MR) is 119 cm³/mol. The van der Waals surface area contributed by atoms with E-state index in [1.54, 1.807) is 18.2 Å². The molecule has 2 heterocycles. The zero-order chi connectivity index (χ0) is 22.4. The maximum absolute atomic E-state index is 14.4. The van der Waals surface area contributed by atoms with E-state index in [2.05, 4.69) is 4.57 Å². The maximum atomic E-state index is 14.4. The van der Waals surface area contributed by atoms with Crippen LogP contribution in [0.15, 0.2) is 30.3 Å². The molecule has 2 unspecified atom stereocenters. The van der Waals surface area contributed by atoms with E-state index in [1.807, 2.05) is 6.07 Å². The quantitative estimate of drug-likeness (QED) is 0.545. The molecule has 0 amide bonds. The van der Waals surface area contributed by atoms with E-state index in [0.29, 0.717) is 42.3 Å². The molecular weight excluding hydrogens is 433 g/mol. The zero-order valence-corrected chi connectivity index (χ0v) is 18.0. The van der Waals surface area contributed by atoms with Gasteiger partial charge in [-0.05, 0) is 61.1 Å². The van der Waals surface area contributed by atoms with Crippen LogP contribution in [0.2, 0.25) is 5.02 Å². The van der Waals surface area contributed by atoms with E-state index in [0.717, 1.165) is 29.5 Å². The molecule has 6 nitrogen and oxygen atoms in total. The lowest BCUT2D eigenvalue weighted by molar-refractivity contribution is 0.0696. The van der Waals surface area contributed by atoms with Gasteiger partial charge in [0.1, 0.15) is 16.6 Å². The molecule has 0 saturated heterocycles. The minimum Gasteiger partial charge on any atom is -0.493 e. The molecule has 3 aromatic rings. The number of halogens is 2. The monoisotopic (exact) mass is 455 g/mol. The van der Waals surface area contributed by atoms with Gasteiger partial charge in [-0.25, -0.2) is 9.18 Å². The second-order valence-electron chi connectivity index (χ2n) is 9.27. The number of hydrogen-bond donors (Lipinski definition) is 3. The van der Waals surface area contributed by atoms with Gasteiger partial charge in [0.2, 0.25) is 0 Å². The van der Waals surface area contributed by atoms with Crippen molar-refractivity contribution in [3.05, 3.63) is 63.6 Å². The molecule has 1 aromatic heterocycles. The first-order chi connectivity index (χ1) is 15.3. The van der Waals surface area contributed by atoms with Crippen molar-refractivity contribution >= 4 is 28.5 Å². The largest absolute Gasteiger partial charge is 0.493 e. The van der Waals surface area contributed by atoms with Crippen LogP contribution in [-0.2, 0) is 12.1 Å². The molecule has 2 aliphatic carbocycles. The molecular formula is C24H23ClFN3O3. The van der Waals surface area contributed by atoms with E-state index >= 15 is 0 Å². The molecule has 166 valence electrons. The Balaban J connectivity index is 1.60. The van der Waals surface area contributed by atoms with Gasteiger partial charge in [0.05, 0.1) is 29.3 Å². The molecule has 0 radical (unpaired) electrons. The Morgan fingerprint density at radius 3 is 2.78 bits per heavy atom. The summed E-state index contributed by atoms with van der Waals surface area (Å²) in [5, 5.41) is 10.5. The SMILES string of the molecule is NC1c2cc(C(=O)O)cc3c2C(CCO3)[C@@]1(N)c1cc2ccc(F)c(Cl)c2n1CC1CC1. The molecule has 32 heavy (non-hydrogen) atoms. The van der Waals surface area contributed by atoms with Gasteiger partial charge in [0, 0.05) is 29.1 Å². The first-order valence-electron chi connectivity index (χ1n) is 10.9. The second kappa shape index (κ2) is 6.70. The summed E-state index contributed by atoms with van der Waals surface area (Å²) in [4.78, 5) is 11.7. The molecule has 3 atom stereocenters. The second-order valence-corrected chi connectivity index (χ2v) is 9.64. The smallest absolute Gasteiger partial charge is 0.335 e. The summed E-state index contributed by atoms with van der Waals surface area (Å²) in [6.45, 7) is 1.12. The lowest BCUT2D eigenvalue weighted by atomic mass is 9.77. The van der Waals surface area contributed by atoms with Gasteiger partial charge in [0.25, 0.3) is 0 Å². The Morgan fingerprint density at radius 1 is 1.28 bits per heavy atom. The van der Waals surface area contributed by atoms with Crippen molar-refractivity contribution in [3.8, 4) is 5.75 Å². The summed E-state index contributed by atoms with van der Waals surface area (Å²) in [7, 11) is 0. The fourth-order valence-corrected chi connectivity index (χ4v) is 5.91. The van der Waals surface area contributed by atoms with Crippen molar-refractivity contribution in [1.82, 2.24) is 4.57 Å². The topological polar surface area (TPSA) is 104 Å². The number of fused-ring (bicyclic) bond motifs is 1. The van der Waals surface area contributed by atoms with Gasteiger partial charge >= 0.3 is 5.97 Å². The van der Waals surface area contributed by atoms with Crippen LogP contribution in [0.4, 0.5) is 4.39 Å². The van der Waals surface area contributed by atoms with E-state index in [-0.39, 0.29) is 16.5 Å². The van der Waals surface area contributed by atoms with Crippen molar-refractivity contribution in [3.63, 3.8) is 0 Å². The average molecular weight is 456 g/mol. The molecule has 8 heteroatoms. The summed E-state index contributed by atoms with van der Waals surface area (Å²) in [6, 6.07) is 7.59. The molecule has 0 spiro atoms. The van der Waals surface area contributed by atoms with Crippen LogP contribution in [0.3, 0.4) is 0 Å². The molecule has 1 fully saturated rings. The number of nitrogens with two attached hydrogens (primary N) is 2. The molecule has 3 aliphatic rings. The number of rotatable bonds is 4. The molecule has 1 aliphatic heterocycles. The average Bonchev–Trinajstić information content (AvgIpc) is 3.48. The number of nitrogens with zero attached hydrogens (tertiary/aromatic N) is 1. The number of benzene rings is 2. The predicted octanol–water partition coefficient (Wildman–Crippen LogP) is 4.28. The number of ether oxygens (including phenoxy) is 1. The van der Waals surface area contributed by atoms with Crippen molar-refractivity contribution in [2.45, 2.75) is 43.3 Å². The number of aromatic nitrogens is 1. The Hall–Kier alpha value is -2.61. The summed E-state index contributed by atoms with van der Waals surface area (Å²) < 4.78 is 22.3. The van der Waals surface area contributed by atoms with Gasteiger partial charge < -0.3 is 25.9 Å². The Labute approximate surface area is 188 Å². The third-order valence-corrected chi connectivity index (χ3v) is 7.75. The van der Waals surface area contributed by atoms with Crippen LogP contribution in [0.5, 0.6) is 5.75 Å². The van der Waals surface area contributed by atoms with E-state index in [9.17, 15) is 14.3 Å². The van der Waals surface area contributed by atoms with Crippen molar-refractivity contribution in [2.24, 2.45) is 17.4 Å². The van der Waals surface area contributed by atoms with Gasteiger partial charge in [-0.2, -0.15) is 0 Å². The van der Waals surface area contributed by atoms with E-state index < -0.39 is 23.4 Å². The summed E-state index contributed by atoms with van der Waals surface area (Å²) in [5.74, 6) is -0.624. The van der Waals surface area contributed by atoms with Crippen LogP contribution in [0, 0.1) is 11.7 Å². The molecule has 6 rings (SSSR count). The lowest BCUT2D eigenvalue weighted by Crippen LogP contribution is -2.49. The maximum Gasteiger partial charge on any atom is 0.335 e. The molecule has 5 N–H and O–H groups in total. The Morgan fingerprint density at radius 2 is 2.06 bits per heavy atom. The minimum atomic E-state index is -1.04. The van der Waals surface area contributed by atoms with Crippen LogP contribution < -0.4 is 16.2 Å². The number of hydrogen-bond acceptors (Lipinski definition) is 4. The standard InChI is InChI=1S/C24H23ClFN3O3/c25-20-16(26)4-3-12-9-18(29(21(12)20)10-11-1-2-11)24(28)15-5-6-32-17-8-13(23(30)31)7-14(19(15)17)22(24)27/h3-4,7-9,11,15,22H,1-2,5-6,10,27-28H2,(H,30,31)/t15?,22?,24-/m1/s1. The third-order valence-electron chi connectivity index (χ3n) is 7.39. The van der Waals surface area contributed by atoms with Crippen molar-refractivity contribution in [1.29, 1.82) is 0 Å². The minimum absolute atomic E-state index is 0.0860. The molecule has 0 bridgehead atoms. The van der Waals surface area contributed by atoms with Crippen molar-refractivity contribution in [2.75, 3.05) is 6.61 Å². The molecule has 2 aromatic carbocycles. The highest BCUT2D eigenvalue weighted by atomic mass is 35.5. The number of carbonyl (C=O) groups is 1. The Kier molecular flexibility index (Phi) is 4.19. The number of aromatic carboxylic acids is 1. The normalized spacial score (nSPS) is 26.2. The summed E-state index contributed by atoms with van der Waals surface area (Å²) >= 11 is 6.44. The third kappa shape index (κ3) is 2.62. The summed E-state index contributed by atoms with van der Waals surface area (Å²) in [6.07, 6.45) is 2.88. The highest BCUT2D eigenvalue weighted by Gasteiger charge is 2.54. The first-order valence-corrected chi connectivity index (χ1v) is 11.2. The first kappa shape index (κ1) is 20.0. The van der Waals surface area contributed by atoms with Crippen LogP contribution in [-0.4, -0.2) is 22.2 Å². The van der Waals surface area contributed by atoms with Crippen LogP contribution in [0.25, 0.3) is 10.9 Å². The highest BCUT2D eigenvalue weighted by Crippen LogP contribution is 2.58. The highest BCUT2D eigenvalue weighted by molar-refractivity contribution is 6.35. The van der Waals surface area contributed by atoms with E-state index in [1.165, 1.54) is 6.07 Å². The lowest BCUT2D eigenvalue weighted by Gasteiger charge is -2.38. The fraction of sp³-hybridized carbons (Fsp3) is 0.375. The molecule has 1 saturated carbocycles. The number of carboxylic acids is 1. The van der Waals surface area contributed by atoms with Gasteiger partial charge in [-0.1, -0.05) is 11.6 Å². The Bertz CT molecular complexity index is 1300. The van der Waals surface area contributed by atoms with E-state index in [4.69, 9.17) is 27.8 Å². The van der Waals surface area contributed by atoms with Gasteiger partial charge in [0.15, 0.2) is 0 Å². The van der Waals surface area contributed by atoms with Gasteiger partial charge in [-0.3, -0.25) is 0 Å².